The van der Waals surface area contributed by atoms with Crippen LogP contribution in [0.2, 0.25) is 0 Å². The lowest BCUT2D eigenvalue weighted by atomic mass is 9.86. The Hall–Kier alpha value is -10.6. The molecule has 0 aromatic heterocycles. The normalized spacial score (nSPS) is 11.3. The van der Waals surface area contributed by atoms with Crippen LogP contribution >= 0.6 is 0 Å². The number of ether oxygens (including phenoxy) is 13. The molecular formula is C72H102N4O37. The molecule has 0 saturated carbocycles. The van der Waals surface area contributed by atoms with Crippen molar-refractivity contribution >= 4 is 95.3 Å². The summed E-state index contributed by atoms with van der Waals surface area (Å²) in [7, 11) is 0. The van der Waals surface area contributed by atoms with Crippen molar-refractivity contribution in [2.45, 2.75) is 152 Å². The number of hydrogen-bond acceptors (Lipinski definition) is 37. The maximum Gasteiger partial charge on any atom is 0.307 e. The van der Waals surface area contributed by atoms with E-state index in [-0.39, 0.29) is 39.3 Å². The number of nitrogens with one attached hydrogen (secondary N) is 4. The highest BCUT2D eigenvalue weighted by molar-refractivity contribution is 5.85. The fourth-order valence-corrected chi connectivity index (χ4v) is 8.65. The molecule has 41 nitrogen and oxygen atoms in total. The average Bonchev–Trinajstić information content (AvgIpc) is 0.873. The summed E-state index contributed by atoms with van der Waals surface area (Å²) in [5.74, 6) is -7.36. The van der Waals surface area contributed by atoms with Gasteiger partial charge in [0.05, 0.1) is 154 Å². The first-order valence-electron chi connectivity index (χ1n) is 35.0. The maximum absolute atomic E-state index is 13.4. The van der Waals surface area contributed by atoms with E-state index in [1.807, 2.05) is 0 Å². The zero-order valence-corrected chi connectivity index (χ0v) is 63.0. The second kappa shape index (κ2) is 56.6. The van der Waals surface area contributed by atoms with E-state index in [9.17, 15) is 118 Å². The molecule has 0 aliphatic carbocycles. The SMILES string of the molecule is C#CCOC(=O)CCC(=O)NC(CO)(CO)COC(=O)CCC(=O)OCC(CC)(COCC(CC)(COC(=O)CCC(=O)OCC(CO)(CO)NC(=O)CCC(=O)OCC#C)COC(=O)CCC(=O)OCC(CO)(CO)NC(=O)CCC(=O)OCC#C)COC(=O)CCC(=O)OCC(CO)(CO)NC(=O)CCC(=O)OCC#C. The van der Waals surface area contributed by atoms with E-state index in [1.165, 1.54) is 13.8 Å². The number of carbonyl (C=O) groups excluding carboxylic acids is 16. The fourth-order valence-electron chi connectivity index (χ4n) is 8.65. The molecule has 632 valence electrons. The van der Waals surface area contributed by atoms with Gasteiger partial charge < -0.3 is 124 Å². The molecule has 0 aliphatic heterocycles. The predicted octanol–water partition coefficient (Wildman–Crippen LogP) is -5.55. The number of carbonyl (C=O) groups is 16. The smallest absolute Gasteiger partial charge is 0.307 e. The number of aliphatic hydroxyl groups excluding tert-OH is 8. The Morgan fingerprint density at radius 1 is 0.239 bits per heavy atom. The topological polar surface area (TPSA) is 603 Å². The maximum atomic E-state index is 13.4. The van der Waals surface area contributed by atoms with E-state index in [4.69, 9.17) is 87.3 Å². The molecule has 4 amide bonds. The second-order valence-electron chi connectivity index (χ2n) is 25.5. The Morgan fingerprint density at radius 2 is 0.389 bits per heavy atom. The molecule has 0 unspecified atom stereocenters. The summed E-state index contributed by atoms with van der Waals surface area (Å²) in [5.41, 5.74) is -11.1. The van der Waals surface area contributed by atoms with E-state index < -0.39 is 350 Å². The van der Waals surface area contributed by atoms with Crippen LogP contribution in [0.3, 0.4) is 0 Å². The van der Waals surface area contributed by atoms with Gasteiger partial charge in [-0.1, -0.05) is 37.5 Å². The number of aliphatic hydroxyl groups is 8. The van der Waals surface area contributed by atoms with E-state index in [1.54, 1.807) is 0 Å². The minimum absolute atomic E-state index is 0.111. The predicted molar refractivity (Wildman–Crippen MR) is 377 cm³/mol. The highest BCUT2D eigenvalue weighted by atomic mass is 16.6. The van der Waals surface area contributed by atoms with Crippen LogP contribution in [-0.4, -0.2) is 304 Å². The Kier molecular flexibility index (Phi) is 51.3. The van der Waals surface area contributed by atoms with Gasteiger partial charge in [-0.3, -0.25) is 76.7 Å². The molecule has 0 aromatic carbocycles. The van der Waals surface area contributed by atoms with Gasteiger partial charge in [-0.25, -0.2) is 0 Å². The quantitative estimate of drug-likeness (QED) is 0.0153. The number of esters is 12. The second-order valence-corrected chi connectivity index (χ2v) is 25.5. The largest absolute Gasteiger partial charge is 0.465 e. The summed E-state index contributed by atoms with van der Waals surface area (Å²) in [6, 6.07) is 0. The van der Waals surface area contributed by atoms with Crippen LogP contribution in [0.25, 0.3) is 0 Å². The van der Waals surface area contributed by atoms with Gasteiger partial charge in [0.2, 0.25) is 23.6 Å². The first-order chi connectivity index (χ1) is 53.7. The number of rotatable bonds is 62. The lowest BCUT2D eigenvalue weighted by Gasteiger charge is -2.35. The van der Waals surface area contributed by atoms with E-state index in [0.29, 0.717) is 0 Å². The zero-order valence-electron chi connectivity index (χ0n) is 63.0. The zero-order chi connectivity index (χ0) is 85.4. The molecular weight excluding hydrogens is 1510 g/mol. The van der Waals surface area contributed by atoms with Crippen LogP contribution in [0, 0.1) is 60.2 Å². The van der Waals surface area contributed by atoms with Crippen molar-refractivity contribution in [1.29, 1.82) is 0 Å². The minimum atomic E-state index is -1.97. The molecule has 41 heteroatoms. The Morgan fingerprint density at radius 3 is 0.540 bits per heavy atom. The van der Waals surface area contributed by atoms with Crippen molar-refractivity contribution < 1.29 is 179 Å². The summed E-state index contributed by atoms with van der Waals surface area (Å²) in [5, 5.41) is 89.8. The van der Waals surface area contributed by atoms with Gasteiger partial charge in [0.15, 0.2) is 26.4 Å². The monoisotopic (exact) mass is 1610 g/mol. The summed E-state index contributed by atoms with van der Waals surface area (Å²) >= 11 is 0. The molecule has 0 aromatic rings. The Balaban J connectivity index is 7.05. The van der Waals surface area contributed by atoms with Crippen molar-refractivity contribution in [2.24, 2.45) is 10.8 Å². The Labute approximate surface area is 650 Å². The van der Waals surface area contributed by atoms with Gasteiger partial charge in [-0.05, 0) is 12.8 Å². The molecule has 0 heterocycles. The van der Waals surface area contributed by atoms with Crippen LogP contribution in [0.1, 0.15) is 129 Å². The van der Waals surface area contributed by atoms with Gasteiger partial charge >= 0.3 is 71.6 Å². The van der Waals surface area contributed by atoms with E-state index >= 15 is 0 Å². The molecule has 0 radical (unpaired) electrons. The molecule has 0 bridgehead atoms. The summed E-state index contributed by atoms with van der Waals surface area (Å²) < 4.78 is 67.9. The summed E-state index contributed by atoms with van der Waals surface area (Å²) in [6.45, 7) is -13.6. The molecule has 0 saturated heterocycles. The first-order valence-corrected chi connectivity index (χ1v) is 35.0. The summed E-state index contributed by atoms with van der Waals surface area (Å²) in [4.78, 5) is 204. The molecule has 113 heavy (non-hydrogen) atoms. The van der Waals surface area contributed by atoms with Gasteiger partial charge in [0.25, 0.3) is 0 Å². The lowest BCUT2D eigenvalue weighted by molar-refractivity contribution is -0.167. The third-order valence-corrected chi connectivity index (χ3v) is 16.2. The lowest BCUT2D eigenvalue weighted by Crippen LogP contribution is -2.57. The highest BCUT2D eigenvalue weighted by Gasteiger charge is 2.40. The van der Waals surface area contributed by atoms with Gasteiger partial charge in [-0.15, -0.1) is 25.7 Å². The first kappa shape index (κ1) is 102. The molecule has 0 rings (SSSR count). The fraction of sp³-hybridized carbons (Fsp3) is 0.667. The van der Waals surface area contributed by atoms with Gasteiger partial charge in [0, 0.05) is 25.7 Å². The molecule has 0 atom stereocenters. The van der Waals surface area contributed by atoms with Crippen molar-refractivity contribution in [1.82, 2.24) is 21.3 Å². The highest BCUT2D eigenvalue weighted by Crippen LogP contribution is 2.30. The number of amides is 4. The van der Waals surface area contributed by atoms with Crippen LogP contribution in [0.4, 0.5) is 0 Å². The van der Waals surface area contributed by atoms with Crippen molar-refractivity contribution in [3.05, 3.63) is 0 Å². The molecule has 0 aliphatic rings. The van der Waals surface area contributed by atoms with E-state index in [0.717, 1.165) is 0 Å². The third-order valence-electron chi connectivity index (χ3n) is 16.2. The van der Waals surface area contributed by atoms with Crippen LogP contribution in [0.5, 0.6) is 0 Å². The molecule has 12 N–H and O–H groups in total. The molecule has 0 fully saturated rings. The van der Waals surface area contributed by atoms with E-state index in [2.05, 4.69) is 44.9 Å². The number of terminal acetylenes is 4. The van der Waals surface area contributed by atoms with Crippen molar-refractivity contribution in [2.75, 3.05) is 145 Å². The Bertz CT molecular complexity index is 2880. The third kappa shape index (κ3) is 43.7. The van der Waals surface area contributed by atoms with Gasteiger partial charge in [0.1, 0.15) is 75.0 Å². The van der Waals surface area contributed by atoms with Crippen LogP contribution in [-0.2, 0) is 138 Å². The standard InChI is InChI=1S/C72H102N4O37/c1-7-29-102-55(89)17-13-51(85)73-69(33-77,34-78)47-110-63(97)25-21-59(93)106-43-67(11-5,44-107-60(94)22-26-64(98)111-48-70(35-79,36-80)74-52(86)14-18-56(90)103-30-8-2)41-101-42-68(12-6,45-108-61(95)23-27-65(99)112-49-71(37-81,38-82)75-53(87)15-19-57(91)104-31-9-3)46-109-62(96)24-28-66(100)113-50-72(39-83,40-84)76-54(88)16-20-58(92)105-32-10-4/h1-4,77-84H,11-50H2,5-6H3,(H,73,85)(H,74,86)(H,75,87)(H,76,88). The average molecular weight is 1620 g/mol. The van der Waals surface area contributed by atoms with Crippen molar-refractivity contribution in [3.63, 3.8) is 0 Å². The van der Waals surface area contributed by atoms with Gasteiger partial charge in [-0.2, -0.15) is 0 Å². The summed E-state index contributed by atoms with van der Waals surface area (Å²) in [6.07, 6.45) is 10.5. The molecule has 0 spiro atoms. The van der Waals surface area contributed by atoms with Crippen molar-refractivity contribution in [3.8, 4) is 49.4 Å². The minimum Gasteiger partial charge on any atom is -0.465 e. The van der Waals surface area contributed by atoms with Crippen LogP contribution < -0.4 is 21.3 Å². The number of hydrogen-bond donors (Lipinski definition) is 12. The van der Waals surface area contributed by atoms with Crippen LogP contribution in [0.15, 0.2) is 0 Å².